The minimum absolute atomic E-state index is 0.163. The third-order valence-corrected chi connectivity index (χ3v) is 3.53. The van der Waals surface area contributed by atoms with Crippen LogP contribution in [0.25, 0.3) is 0 Å². The fourth-order valence-corrected chi connectivity index (χ4v) is 2.24. The molecule has 0 aliphatic heterocycles. The number of hydrogen-bond acceptors (Lipinski definition) is 5. The number of hydrogen-bond donors (Lipinski definition) is 2. The number of anilines is 1. The molecule has 3 N–H and O–H groups in total. The van der Waals surface area contributed by atoms with E-state index < -0.39 is 0 Å². The van der Waals surface area contributed by atoms with E-state index in [-0.39, 0.29) is 6.10 Å². The fourth-order valence-electron chi connectivity index (χ4n) is 2.24. The van der Waals surface area contributed by atoms with Crippen LogP contribution in [0.4, 0.5) is 5.82 Å². The second-order valence-electron chi connectivity index (χ2n) is 5.59. The molecule has 5 nitrogen and oxygen atoms in total. The van der Waals surface area contributed by atoms with Crippen LogP contribution >= 0.6 is 0 Å². The van der Waals surface area contributed by atoms with Gasteiger partial charge in [-0.2, -0.15) is 4.98 Å². The molecule has 0 aliphatic rings. The number of aryl methyl sites for hydroxylation is 1. The molecule has 1 atom stereocenters. The molecule has 1 aromatic heterocycles. The first-order chi connectivity index (χ1) is 10.1. The van der Waals surface area contributed by atoms with Gasteiger partial charge in [-0.25, -0.2) is 10.8 Å². The van der Waals surface area contributed by atoms with Gasteiger partial charge in [0.05, 0.1) is 11.7 Å². The van der Waals surface area contributed by atoms with Crippen LogP contribution in [0.2, 0.25) is 0 Å². The van der Waals surface area contributed by atoms with Crippen LogP contribution in [0.15, 0.2) is 0 Å². The summed E-state index contributed by atoms with van der Waals surface area (Å²) >= 11 is 0. The molecule has 0 aliphatic carbocycles. The average molecular weight is 294 g/mol. The lowest BCUT2D eigenvalue weighted by molar-refractivity contribution is 0.196. The van der Waals surface area contributed by atoms with Crippen LogP contribution in [0.1, 0.15) is 70.7 Å². The van der Waals surface area contributed by atoms with Crippen LogP contribution in [0, 0.1) is 6.92 Å². The summed E-state index contributed by atoms with van der Waals surface area (Å²) in [5.74, 6) is 7.63. The third kappa shape index (κ3) is 5.87. The maximum Gasteiger partial charge on any atom is 0.222 e. The quantitative estimate of drug-likeness (QED) is 0.390. The minimum atomic E-state index is 0.163. The summed E-state index contributed by atoms with van der Waals surface area (Å²) in [6.07, 6.45) is 8.06. The van der Waals surface area contributed by atoms with Gasteiger partial charge in [-0.15, -0.1) is 0 Å². The van der Waals surface area contributed by atoms with Gasteiger partial charge in [0, 0.05) is 6.42 Å². The molecule has 1 aromatic rings. The Labute approximate surface area is 128 Å². The van der Waals surface area contributed by atoms with Crippen LogP contribution < -0.4 is 16.0 Å². The Bertz CT molecular complexity index is 423. The van der Waals surface area contributed by atoms with E-state index in [1.165, 1.54) is 25.7 Å². The molecule has 1 heterocycles. The summed E-state index contributed by atoms with van der Waals surface area (Å²) in [6, 6.07) is 0. The van der Waals surface area contributed by atoms with Gasteiger partial charge < -0.3 is 10.2 Å². The molecule has 1 rings (SSSR count). The topological polar surface area (TPSA) is 73.1 Å². The third-order valence-electron chi connectivity index (χ3n) is 3.53. The van der Waals surface area contributed by atoms with Crippen LogP contribution in [0.5, 0.6) is 5.88 Å². The van der Waals surface area contributed by atoms with E-state index in [4.69, 9.17) is 10.6 Å². The SMILES string of the molecule is CCCCCCC(C)Oc1nc(CCC)nc(NN)c1C. The summed E-state index contributed by atoms with van der Waals surface area (Å²) in [4.78, 5) is 8.93. The number of hydrazine groups is 1. The van der Waals surface area contributed by atoms with Crippen molar-refractivity contribution in [1.82, 2.24) is 9.97 Å². The second kappa shape index (κ2) is 9.55. The van der Waals surface area contributed by atoms with Crippen molar-refractivity contribution in [3.8, 4) is 5.88 Å². The van der Waals surface area contributed by atoms with Crippen molar-refractivity contribution >= 4 is 5.82 Å². The highest BCUT2D eigenvalue weighted by Gasteiger charge is 2.14. The highest BCUT2D eigenvalue weighted by Crippen LogP contribution is 2.23. The van der Waals surface area contributed by atoms with E-state index in [2.05, 4.69) is 36.2 Å². The molecule has 0 bridgehead atoms. The molecular formula is C16H30N4O. The number of ether oxygens (including phenoxy) is 1. The molecule has 5 heteroatoms. The average Bonchev–Trinajstić information content (AvgIpc) is 2.47. The first-order valence-electron chi connectivity index (χ1n) is 8.13. The predicted octanol–water partition coefficient (Wildman–Crippen LogP) is 3.76. The molecule has 0 radical (unpaired) electrons. The lowest BCUT2D eigenvalue weighted by Crippen LogP contribution is -2.17. The number of nitrogens with zero attached hydrogens (tertiary/aromatic N) is 2. The summed E-state index contributed by atoms with van der Waals surface area (Å²) < 4.78 is 6.01. The normalized spacial score (nSPS) is 12.2. The van der Waals surface area contributed by atoms with Gasteiger partial charge >= 0.3 is 0 Å². The summed E-state index contributed by atoms with van der Waals surface area (Å²) in [5.41, 5.74) is 3.51. The molecule has 0 amide bonds. The summed E-state index contributed by atoms with van der Waals surface area (Å²) in [5, 5.41) is 0. The van der Waals surface area contributed by atoms with Crippen molar-refractivity contribution < 1.29 is 4.74 Å². The monoisotopic (exact) mass is 294 g/mol. The van der Waals surface area contributed by atoms with Gasteiger partial charge in [-0.05, 0) is 33.1 Å². The lowest BCUT2D eigenvalue weighted by atomic mass is 10.1. The maximum absolute atomic E-state index is 6.01. The van der Waals surface area contributed by atoms with Crippen molar-refractivity contribution in [2.24, 2.45) is 5.84 Å². The van der Waals surface area contributed by atoms with Crippen LogP contribution in [0.3, 0.4) is 0 Å². The molecule has 1 unspecified atom stereocenters. The molecule has 0 fully saturated rings. The Morgan fingerprint density at radius 3 is 2.52 bits per heavy atom. The van der Waals surface area contributed by atoms with Crippen molar-refractivity contribution in [2.45, 2.75) is 78.7 Å². The highest BCUT2D eigenvalue weighted by atomic mass is 16.5. The maximum atomic E-state index is 6.01. The van der Waals surface area contributed by atoms with Gasteiger partial charge in [-0.1, -0.05) is 33.1 Å². The van der Waals surface area contributed by atoms with E-state index in [0.29, 0.717) is 11.7 Å². The number of aromatic nitrogens is 2. The Balaban J connectivity index is 2.69. The van der Waals surface area contributed by atoms with Crippen LogP contribution in [-0.2, 0) is 6.42 Å². The van der Waals surface area contributed by atoms with Gasteiger partial charge in [-0.3, -0.25) is 0 Å². The number of unbranched alkanes of at least 4 members (excludes halogenated alkanes) is 3. The Morgan fingerprint density at radius 2 is 1.90 bits per heavy atom. The molecule has 21 heavy (non-hydrogen) atoms. The van der Waals surface area contributed by atoms with E-state index >= 15 is 0 Å². The summed E-state index contributed by atoms with van der Waals surface area (Å²) in [6.45, 7) is 8.36. The zero-order chi connectivity index (χ0) is 15.7. The molecule has 0 saturated heterocycles. The number of nitrogen functional groups attached to an aromatic ring is 1. The number of nitrogens with two attached hydrogens (primary N) is 1. The van der Waals surface area contributed by atoms with Gasteiger partial charge in [0.2, 0.25) is 5.88 Å². The van der Waals surface area contributed by atoms with Crippen molar-refractivity contribution in [3.05, 3.63) is 11.4 Å². The van der Waals surface area contributed by atoms with Gasteiger partial charge in [0.1, 0.15) is 11.6 Å². The standard InChI is InChI=1S/C16H30N4O/c1-5-7-8-9-11-12(3)21-16-13(4)15(20-17)18-14(19-16)10-6-2/h12H,5-11,17H2,1-4H3,(H,18,19,20). The molecular weight excluding hydrogens is 264 g/mol. The van der Waals surface area contributed by atoms with Gasteiger partial charge in [0.25, 0.3) is 0 Å². The Morgan fingerprint density at radius 1 is 1.14 bits per heavy atom. The van der Waals surface area contributed by atoms with E-state index in [1.807, 2.05) is 6.92 Å². The van der Waals surface area contributed by atoms with E-state index in [1.54, 1.807) is 0 Å². The molecule has 0 aromatic carbocycles. The van der Waals surface area contributed by atoms with Crippen molar-refractivity contribution in [3.63, 3.8) is 0 Å². The van der Waals surface area contributed by atoms with E-state index in [9.17, 15) is 0 Å². The molecule has 0 saturated carbocycles. The lowest BCUT2D eigenvalue weighted by Gasteiger charge is -2.17. The molecule has 120 valence electrons. The van der Waals surface area contributed by atoms with E-state index in [0.717, 1.165) is 30.7 Å². The number of nitrogens with one attached hydrogen (secondary N) is 1. The first kappa shape index (κ1) is 17.7. The van der Waals surface area contributed by atoms with Crippen molar-refractivity contribution in [1.29, 1.82) is 0 Å². The molecule has 0 spiro atoms. The fraction of sp³-hybridized carbons (Fsp3) is 0.750. The smallest absolute Gasteiger partial charge is 0.222 e. The van der Waals surface area contributed by atoms with Crippen molar-refractivity contribution in [2.75, 3.05) is 5.43 Å². The predicted molar refractivity (Wildman–Crippen MR) is 87.4 cm³/mol. The zero-order valence-corrected chi connectivity index (χ0v) is 13.9. The Kier molecular flexibility index (Phi) is 8.05. The largest absolute Gasteiger partial charge is 0.474 e. The van der Waals surface area contributed by atoms with Gasteiger partial charge in [0.15, 0.2) is 0 Å². The zero-order valence-electron chi connectivity index (χ0n) is 13.9. The minimum Gasteiger partial charge on any atom is -0.474 e. The second-order valence-corrected chi connectivity index (χ2v) is 5.59. The Hall–Kier alpha value is -1.36. The first-order valence-corrected chi connectivity index (χ1v) is 8.13. The van der Waals surface area contributed by atoms with Crippen LogP contribution in [-0.4, -0.2) is 16.1 Å². The number of rotatable bonds is 10. The summed E-state index contributed by atoms with van der Waals surface area (Å²) in [7, 11) is 0. The highest BCUT2D eigenvalue weighted by molar-refractivity contribution is 5.47.